The Labute approximate surface area is 122 Å². The van der Waals surface area contributed by atoms with Gasteiger partial charge < -0.3 is 15.3 Å². The van der Waals surface area contributed by atoms with Crippen molar-refractivity contribution in [2.24, 2.45) is 5.92 Å². The van der Waals surface area contributed by atoms with E-state index in [0.717, 1.165) is 12.8 Å². The average molecular weight is 294 g/mol. The fourth-order valence-electron chi connectivity index (χ4n) is 2.47. The van der Waals surface area contributed by atoms with Gasteiger partial charge in [-0.25, -0.2) is 4.39 Å². The molecule has 5 nitrogen and oxygen atoms in total. The molecule has 0 aromatic heterocycles. The smallest absolute Gasteiger partial charge is 0.313 e. The van der Waals surface area contributed by atoms with Crippen LogP contribution in [0.2, 0.25) is 0 Å². The standard InChI is InChI=1S/C15H19FN2O3/c1-10(19)11-5-4-8-18(9-11)15(21)14(20)17-13-7-3-2-6-12(13)16/h2-3,6-7,10-11,19H,4-5,8-9H2,1H3,(H,17,20). The molecule has 114 valence electrons. The molecule has 0 aliphatic carbocycles. The highest BCUT2D eigenvalue weighted by Gasteiger charge is 2.30. The Morgan fingerprint density at radius 3 is 2.81 bits per heavy atom. The summed E-state index contributed by atoms with van der Waals surface area (Å²) in [5.41, 5.74) is -0.0139. The van der Waals surface area contributed by atoms with Crippen LogP contribution in [0.3, 0.4) is 0 Å². The number of piperidine rings is 1. The Morgan fingerprint density at radius 2 is 2.14 bits per heavy atom. The van der Waals surface area contributed by atoms with Gasteiger partial charge in [-0.3, -0.25) is 9.59 Å². The predicted molar refractivity (Wildman–Crippen MR) is 76.0 cm³/mol. The van der Waals surface area contributed by atoms with Crippen LogP contribution in [-0.2, 0) is 9.59 Å². The van der Waals surface area contributed by atoms with Gasteiger partial charge in [0.2, 0.25) is 0 Å². The molecule has 2 unspecified atom stereocenters. The minimum Gasteiger partial charge on any atom is -0.393 e. The van der Waals surface area contributed by atoms with Crippen LogP contribution in [-0.4, -0.2) is 41.0 Å². The maximum atomic E-state index is 13.5. The van der Waals surface area contributed by atoms with Crippen molar-refractivity contribution in [3.63, 3.8) is 0 Å². The molecule has 2 N–H and O–H groups in total. The summed E-state index contributed by atoms with van der Waals surface area (Å²) in [6.07, 6.45) is 1.06. The molecule has 2 amide bonds. The third-order valence-corrected chi connectivity index (χ3v) is 3.74. The van der Waals surface area contributed by atoms with Crippen molar-refractivity contribution in [1.29, 1.82) is 0 Å². The Morgan fingerprint density at radius 1 is 1.43 bits per heavy atom. The lowest BCUT2D eigenvalue weighted by Gasteiger charge is -2.33. The molecule has 2 rings (SSSR count). The van der Waals surface area contributed by atoms with E-state index in [-0.39, 0.29) is 11.6 Å². The molecule has 0 bridgehead atoms. The third-order valence-electron chi connectivity index (χ3n) is 3.74. The molecule has 0 radical (unpaired) electrons. The van der Waals surface area contributed by atoms with Gasteiger partial charge >= 0.3 is 11.8 Å². The van der Waals surface area contributed by atoms with Gasteiger partial charge in [-0.05, 0) is 31.9 Å². The Bertz CT molecular complexity index is 533. The number of nitrogens with zero attached hydrogens (tertiary/aromatic N) is 1. The summed E-state index contributed by atoms with van der Waals surface area (Å²) < 4.78 is 13.5. The second kappa shape index (κ2) is 6.67. The third kappa shape index (κ3) is 3.78. The molecule has 6 heteroatoms. The fourth-order valence-corrected chi connectivity index (χ4v) is 2.47. The highest BCUT2D eigenvalue weighted by molar-refractivity contribution is 6.39. The number of anilines is 1. The number of aliphatic hydroxyl groups is 1. The van der Waals surface area contributed by atoms with Crippen molar-refractivity contribution >= 4 is 17.5 Å². The number of benzene rings is 1. The summed E-state index contributed by atoms with van der Waals surface area (Å²) in [7, 11) is 0. The highest BCUT2D eigenvalue weighted by atomic mass is 19.1. The molecule has 0 saturated carbocycles. The van der Waals surface area contributed by atoms with Crippen molar-refractivity contribution in [2.45, 2.75) is 25.9 Å². The van der Waals surface area contributed by atoms with E-state index < -0.39 is 23.7 Å². The number of halogens is 1. The van der Waals surface area contributed by atoms with Gasteiger partial charge in [0.15, 0.2) is 0 Å². The first-order chi connectivity index (χ1) is 9.99. The number of carbonyl (C=O) groups excluding carboxylic acids is 2. The zero-order valence-corrected chi connectivity index (χ0v) is 11.9. The second-order valence-corrected chi connectivity index (χ2v) is 5.33. The van der Waals surface area contributed by atoms with Crippen molar-refractivity contribution in [3.8, 4) is 0 Å². The minimum absolute atomic E-state index is 0.0139. The molecule has 1 aliphatic rings. The largest absolute Gasteiger partial charge is 0.393 e. The summed E-state index contributed by atoms with van der Waals surface area (Å²) in [5, 5.41) is 11.9. The molecule has 1 heterocycles. The summed E-state index contributed by atoms with van der Waals surface area (Å²) in [5.74, 6) is -2.15. The molecule has 2 atom stereocenters. The van der Waals surface area contributed by atoms with Crippen LogP contribution in [0.25, 0.3) is 0 Å². The number of hydrogen-bond acceptors (Lipinski definition) is 3. The summed E-state index contributed by atoms with van der Waals surface area (Å²) in [4.78, 5) is 25.4. The van der Waals surface area contributed by atoms with E-state index in [9.17, 15) is 19.1 Å². The van der Waals surface area contributed by atoms with Crippen LogP contribution >= 0.6 is 0 Å². The number of nitrogens with one attached hydrogen (secondary N) is 1. The monoisotopic (exact) mass is 294 g/mol. The number of para-hydroxylation sites is 1. The Kier molecular flexibility index (Phi) is 4.90. The van der Waals surface area contributed by atoms with Crippen LogP contribution in [0.4, 0.5) is 10.1 Å². The number of amides is 2. The van der Waals surface area contributed by atoms with Crippen LogP contribution in [0.5, 0.6) is 0 Å². The first-order valence-electron chi connectivity index (χ1n) is 7.02. The van der Waals surface area contributed by atoms with Crippen LogP contribution in [0.1, 0.15) is 19.8 Å². The maximum Gasteiger partial charge on any atom is 0.313 e. The number of aliphatic hydroxyl groups excluding tert-OH is 1. The zero-order valence-electron chi connectivity index (χ0n) is 11.9. The number of carbonyl (C=O) groups is 2. The van der Waals surface area contributed by atoms with Gasteiger partial charge in [-0.1, -0.05) is 12.1 Å². The van der Waals surface area contributed by atoms with Gasteiger partial charge in [-0.15, -0.1) is 0 Å². The lowest BCUT2D eigenvalue weighted by Crippen LogP contribution is -2.47. The fraction of sp³-hybridized carbons (Fsp3) is 0.467. The lowest BCUT2D eigenvalue weighted by atomic mass is 9.93. The van der Waals surface area contributed by atoms with Crippen molar-refractivity contribution in [1.82, 2.24) is 4.90 Å². The van der Waals surface area contributed by atoms with Gasteiger partial charge in [-0.2, -0.15) is 0 Å². The molecule has 1 aromatic carbocycles. The van der Waals surface area contributed by atoms with Crippen LogP contribution in [0, 0.1) is 11.7 Å². The summed E-state index contributed by atoms with van der Waals surface area (Å²) >= 11 is 0. The Balaban J connectivity index is 1.99. The van der Waals surface area contributed by atoms with Gasteiger partial charge in [0.1, 0.15) is 5.82 Å². The summed E-state index contributed by atoms with van der Waals surface area (Å²) in [6, 6.07) is 5.69. The van der Waals surface area contributed by atoms with Gasteiger partial charge in [0.05, 0.1) is 11.8 Å². The van der Waals surface area contributed by atoms with Gasteiger partial charge in [0.25, 0.3) is 0 Å². The van der Waals surface area contributed by atoms with E-state index >= 15 is 0 Å². The van der Waals surface area contributed by atoms with E-state index in [1.54, 1.807) is 13.0 Å². The predicted octanol–water partition coefficient (Wildman–Crippen LogP) is 1.38. The SMILES string of the molecule is CC(O)C1CCCN(C(=O)C(=O)Nc2ccccc2F)C1. The van der Waals surface area contributed by atoms with Crippen LogP contribution < -0.4 is 5.32 Å². The second-order valence-electron chi connectivity index (χ2n) is 5.33. The van der Waals surface area contributed by atoms with Crippen LogP contribution in [0.15, 0.2) is 24.3 Å². The topological polar surface area (TPSA) is 69.6 Å². The highest BCUT2D eigenvalue weighted by Crippen LogP contribution is 2.20. The first kappa shape index (κ1) is 15.4. The van der Waals surface area contributed by atoms with E-state index in [0.29, 0.717) is 13.1 Å². The average Bonchev–Trinajstić information content (AvgIpc) is 2.49. The molecule has 21 heavy (non-hydrogen) atoms. The van der Waals surface area contributed by atoms with E-state index in [1.807, 2.05) is 0 Å². The lowest BCUT2D eigenvalue weighted by molar-refractivity contribution is -0.144. The number of likely N-dealkylation sites (tertiary alicyclic amines) is 1. The molecule has 1 saturated heterocycles. The maximum absolute atomic E-state index is 13.5. The van der Waals surface area contributed by atoms with Crippen molar-refractivity contribution < 1.29 is 19.1 Å². The van der Waals surface area contributed by atoms with E-state index in [4.69, 9.17) is 0 Å². The zero-order chi connectivity index (χ0) is 15.4. The molecular formula is C15H19FN2O3. The number of rotatable bonds is 2. The van der Waals surface area contributed by atoms with Crippen molar-refractivity contribution in [3.05, 3.63) is 30.1 Å². The number of hydrogen-bond donors (Lipinski definition) is 2. The molecule has 1 aliphatic heterocycles. The molecule has 1 aromatic rings. The quantitative estimate of drug-likeness (QED) is 0.810. The van der Waals surface area contributed by atoms with E-state index in [1.165, 1.54) is 23.1 Å². The van der Waals surface area contributed by atoms with E-state index in [2.05, 4.69) is 5.32 Å². The molecular weight excluding hydrogens is 275 g/mol. The molecule has 1 fully saturated rings. The molecule has 0 spiro atoms. The normalized spacial score (nSPS) is 20.0. The minimum atomic E-state index is -0.855. The van der Waals surface area contributed by atoms with Crippen molar-refractivity contribution in [2.75, 3.05) is 18.4 Å². The Hall–Kier alpha value is -1.95. The van der Waals surface area contributed by atoms with Gasteiger partial charge in [0, 0.05) is 19.0 Å². The first-order valence-corrected chi connectivity index (χ1v) is 7.02. The summed E-state index contributed by atoms with van der Waals surface area (Å²) in [6.45, 7) is 2.51.